The van der Waals surface area contributed by atoms with Crippen molar-refractivity contribution in [1.29, 1.82) is 0 Å². The maximum atomic E-state index is 12.8. The number of amides is 1. The van der Waals surface area contributed by atoms with Crippen LogP contribution in [-0.4, -0.2) is 33.4 Å². The Hall–Kier alpha value is -2.17. The van der Waals surface area contributed by atoms with Crippen molar-refractivity contribution in [2.24, 2.45) is 5.92 Å². The second-order valence-electron chi connectivity index (χ2n) is 7.04. The van der Waals surface area contributed by atoms with Crippen molar-refractivity contribution in [2.75, 3.05) is 13.1 Å². The van der Waals surface area contributed by atoms with Crippen molar-refractivity contribution < 1.29 is 4.79 Å². The van der Waals surface area contributed by atoms with Gasteiger partial charge in [-0.1, -0.05) is 25.0 Å². The Kier molecular flexibility index (Phi) is 4.08. The van der Waals surface area contributed by atoms with E-state index in [9.17, 15) is 9.59 Å². The third-order valence-electron chi connectivity index (χ3n) is 5.50. The van der Waals surface area contributed by atoms with Gasteiger partial charge in [-0.3, -0.25) is 14.2 Å². The number of aromatic nitrogens is 2. The molecule has 5 heteroatoms. The number of benzene rings is 1. The lowest BCUT2D eigenvalue weighted by Crippen LogP contribution is -2.44. The molecule has 1 saturated carbocycles. The van der Waals surface area contributed by atoms with Crippen LogP contribution >= 0.6 is 0 Å². The van der Waals surface area contributed by atoms with Crippen LogP contribution in [0, 0.1) is 5.92 Å². The first-order chi connectivity index (χ1) is 11.7. The maximum Gasteiger partial charge on any atom is 0.261 e. The van der Waals surface area contributed by atoms with Gasteiger partial charge in [0.15, 0.2) is 0 Å². The standard InChI is InChI=1S/C19H23N3O2/c23-18(14-6-1-2-7-14)21-11-5-8-15(12-21)22-13-20-17-10-4-3-9-16(17)19(22)24/h3-4,9-10,13-15H,1-2,5-8,11-12H2. The Balaban J connectivity index is 1.59. The third kappa shape index (κ3) is 2.72. The molecule has 1 aliphatic carbocycles. The summed E-state index contributed by atoms with van der Waals surface area (Å²) in [6.07, 6.45) is 7.91. The van der Waals surface area contributed by atoms with Crippen molar-refractivity contribution in [3.63, 3.8) is 0 Å². The summed E-state index contributed by atoms with van der Waals surface area (Å²) >= 11 is 0. The summed E-state index contributed by atoms with van der Waals surface area (Å²) in [5.41, 5.74) is 0.731. The van der Waals surface area contributed by atoms with Crippen LogP contribution in [0.4, 0.5) is 0 Å². The SMILES string of the molecule is O=C(C1CCCC1)N1CCCC(n2cnc3ccccc3c2=O)C1. The minimum absolute atomic E-state index is 0.000709. The van der Waals surface area contributed by atoms with Crippen LogP contribution in [0.25, 0.3) is 10.9 Å². The summed E-state index contributed by atoms with van der Waals surface area (Å²) < 4.78 is 1.73. The molecule has 1 amide bonds. The van der Waals surface area contributed by atoms with Crippen LogP contribution in [0.5, 0.6) is 0 Å². The lowest BCUT2D eigenvalue weighted by molar-refractivity contribution is -0.137. The summed E-state index contributed by atoms with van der Waals surface area (Å²) in [7, 11) is 0. The topological polar surface area (TPSA) is 55.2 Å². The zero-order valence-electron chi connectivity index (χ0n) is 13.9. The number of nitrogens with zero attached hydrogens (tertiary/aromatic N) is 3. The second-order valence-corrected chi connectivity index (χ2v) is 7.04. The first-order valence-corrected chi connectivity index (χ1v) is 8.99. The van der Waals surface area contributed by atoms with E-state index in [-0.39, 0.29) is 17.5 Å². The smallest absolute Gasteiger partial charge is 0.261 e. The van der Waals surface area contributed by atoms with E-state index in [0.717, 1.165) is 37.7 Å². The molecule has 4 rings (SSSR count). The summed E-state index contributed by atoms with van der Waals surface area (Å²) in [4.78, 5) is 31.9. The van der Waals surface area contributed by atoms with Crippen molar-refractivity contribution in [3.05, 3.63) is 40.9 Å². The molecule has 0 spiro atoms. The molecule has 0 bridgehead atoms. The van der Waals surface area contributed by atoms with Gasteiger partial charge in [0.25, 0.3) is 5.56 Å². The predicted molar refractivity (Wildman–Crippen MR) is 92.8 cm³/mol. The van der Waals surface area contributed by atoms with E-state index in [0.29, 0.717) is 17.8 Å². The molecular formula is C19H23N3O2. The monoisotopic (exact) mass is 325 g/mol. The van der Waals surface area contributed by atoms with E-state index in [4.69, 9.17) is 0 Å². The molecule has 2 heterocycles. The highest BCUT2D eigenvalue weighted by atomic mass is 16.2. The molecule has 1 saturated heterocycles. The van der Waals surface area contributed by atoms with Gasteiger partial charge in [0.2, 0.25) is 5.91 Å². The number of rotatable bonds is 2. The Bertz CT molecular complexity index is 808. The van der Waals surface area contributed by atoms with Gasteiger partial charge in [0.05, 0.1) is 23.3 Å². The Labute approximate surface area is 141 Å². The first-order valence-electron chi connectivity index (χ1n) is 8.99. The number of hydrogen-bond donors (Lipinski definition) is 0. The number of carbonyl (C=O) groups is 1. The summed E-state index contributed by atoms with van der Waals surface area (Å²) in [5, 5.41) is 0.652. The molecule has 1 unspecified atom stereocenters. The quantitative estimate of drug-likeness (QED) is 0.853. The maximum absolute atomic E-state index is 12.8. The molecule has 2 aromatic rings. The summed E-state index contributed by atoms with van der Waals surface area (Å²) in [5.74, 6) is 0.495. The number of carbonyl (C=O) groups excluding carboxylic acids is 1. The molecule has 1 atom stereocenters. The fourth-order valence-electron chi connectivity index (χ4n) is 4.16. The van der Waals surface area contributed by atoms with Crippen LogP contribution in [-0.2, 0) is 4.79 Å². The van der Waals surface area contributed by atoms with E-state index >= 15 is 0 Å². The van der Waals surface area contributed by atoms with Gasteiger partial charge in [-0.2, -0.15) is 0 Å². The average molecular weight is 325 g/mol. The van der Waals surface area contributed by atoms with Crippen LogP contribution in [0.3, 0.4) is 0 Å². The fraction of sp³-hybridized carbons (Fsp3) is 0.526. The van der Waals surface area contributed by atoms with E-state index in [1.807, 2.05) is 29.2 Å². The van der Waals surface area contributed by atoms with Gasteiger partial charge in [-0.15, -0.1) is 0 Å². The highest BCUT2D eigenvalue weighted by Crippen LogP contribution is 2.29. The predicted octanol–water partition coefficient (Wildman–Crippen LogP) is 2.75. The van der Waals surface area contributed by atoms with Gasteiger partial charge in [-0.05, 0) is 37.8 Å². The average Bonchev–Trinajstić information content (AvgIpc) is 3.16. The largest absolute Gasteiger partial charge is 0.340 e. The number of fused-ring (bicyclic) bond motifs is 1. The molecular weight excluding hydrogens is 302 g/mol. The van der Waals surface area contributed by atoms with Gasteiger partial charge in [0, 0.05) is 19.0 Å². The van der Waals surface area contributed by atoms with Crippen LogP contribution in [0.2, 0.25) is 0 Å². The minimum Gasteiger partial charge on any atom is -0.340 e. The second kappa shape index (κ2) is 6.38. The molecule has 2 fully saturated rings. The zero-order valence-corrected chi connectivity index (χ0v) is 13.9. The highest BCUT2D eigenvalue weighted by molar-refractivity contribution is 5.79. The van der Waals surface area contributed by atoms with Crippen molar-refractivity contribution in [3.8, 4) is 0 Å². The molecule has 1 aromatic carbocycles. The molecule has 2 aliphatic rings. The highest BCUT2D eigenvalue weighted by Gasteiger charge is 2.31. The zero-order chi connectivity index (χ0) is 16.5. The Morgan fingerprint density at radius 2 is 1.88 bits per heavy atom. The molecule has 126 valence electrons. The molecule has 5 nitrogen and oxygen atoms in total. The molecule has 0 radical (unpaired) electrons. The van der Waals surface area contributed by atoms with Crippen molar-refractivity contribution >= 4 is 16.8 Å². The molecule has 0 N–H and O–H groups in total. The van der Waals surface area contributed by atoms with Gasteiger partial charge >= 0.3 is 0 Å². The number of likely N-dealkylation sites (tertiary alicyclic amines) is 1. The van der Waals surface area contributed by atoms with E-state index in [2.05, 4.69) is 4.98 Å². The van der Waals surface area contributed by atoms with Crippen LogP contribution in [0.15, 0.2) is 35.4 Å². The lowest BCUT2D eigenvalue weighted by Gasteiger charge is -2.35. The number of piperidine rings is 1. The molecule has 1 aromatic heterocycles. The van der Waals surface area contributed by atoms with Crippen molar-refractivity contribution in [2.45, 2.75) is 44.6 Å². The summed E-state index contributed by atoms with van der Waals surface area (Å²) in [6, 6.07) is 7.48. The van der Waals surface area contributed by atoms with Crippen molar-refractivity contribution in [1.82, 2.24) is 14.5 Å². The Morgan fingerprint density at radius 3 is 2.71 bits per heavy atom. The number of hydrogen-bond acceptors (Lipinski definition) is 3. The van der Waals surface area contributed by atoms with Crippen LogP contribution in [0.1, 0.15) is 44.6 Å². The van der Waals surface area contributed by atoms with Crippen LogP contribution < -0.4 is 5.56 Å². The number of para-hydroxylation sites is 1. The third-order valence-corrected chi connectivity index (χ3v) is 5.50. The van der Waals surface area contributed by atoms with E-state index in [1.54, 1.807) is 10.9 Å². The van der Waals surface area contributed by atoms with E-state index in [1.165, 1.54) is 12.8 Å². The molecule has 1 aliphatic heterocycles. The Morgan fingerprint density at radius 1 is 1.08 bits per heavy atom. The summed E-state index contributed by atoms with van der Waals surface area (Å²) in [6.45, 7) is 1.46. The fourth-order valence-corrected chi connectivity index (χ4v) is 4.16. The normalized spacial score (nSPS) is 22.2. The van der Waals surface area contributed by atoms with Gasteiger partial charge < -0.3 is 4.90 Å². The first kappa shape index (κ1) is 15.4. The van der Waals surface area contributed by atoms with Gasteiger partial charge in [-0.25, -0.2) is 4.98 Å². The minimum atomic E-state index is 0.000709. The molecule has 24 heavy (non-hydrogen) atoms. The van der Waals surface area contributed by atoms with E-state index < -0.39 is 0 Å². The van der Waals surface area contributed by atoms with Gasteiger partial charge in [0.1, 0.15) is 0 Å². The lowest BCUT2D eigenvalue weighted by atomic mass is 10.0.